The fourth-order valence-electron chi connectivity index (χ4n) is 4.66. The highest BCUT2D eigenvalue weighted by Gasteiger charge is 2.23. The monoisotopic (exact) mass is 450 g/mol. The van der Waals surface area contributed by atoms with Crippen LogP contribution in [-0.4, -0.2) is 58.4 Å². The van der Waals surface area contributed by atoms with Crippen LogP contribution in [0.5, 0.6) is 0 Å². The van der Waals surface area contributed by atoms with Crippen LogP contribution in [0.15, 0.2) is 30.3 Å². The standard InChI is InChI=1S/C24H30N6OS/c25-23-22-18-8-4-5-9-19(18)32-24(22)28-20(27-23)15-29-10-12-30(13-11-29)16-21(31)26-14-17-6-2-1-3-7-17/h1-3,6-7H,4-5,8-16H2,(H,26,31)(H2,25,27,28). The number of piperazine rings is 1. The zero-order valence-electron chi connectivity index (χ0n) is 18.3. The molecule has 0 saturated carbocycles. The molecule has 1 aliphatic carbocycles. The number of benzene rings is 1. The number of nitrogens with two attached hydrogens (primary N) is 1. The second-order valence-corrected chi connectivity index (χ2v) is 9.81. The van der Waals surface area contributed by atoms with Crippen LogP contribution in [0.1, 0.15) is 34.7 Å². The van der Waals surface area contributed by atoms with E-state index in [-0.39, 0.29) is 5.91 Å². The summed E-state index contributed by atoms with van der Waals surface area (Å²) in [7, 11) is 0. The van der Waals surface area contributed by atoms with Gasteiger partial charge in [0.05, 0.1) is 18.5 Å². The smallest absolute Gasteiger partial charge is 0.234 e. The summed E-state index contributed by atoms with van der Waals surface area (Å²) in [5.74, 6) is 1.52. The van der Waals surface area contributed by atoms with Gasteiger partial charge in [0, 0.05) is 37.6 Å². The first-order valence-corrected chi connectivity index (χ1v) is 12.3. The fourth-order valence-corrected chi connectivity index (χ4v) is 5.95. The van der Waals surface area contributed by atoms with Crippen LogP contribution in [0.4, 0.5) is 5.82 Å². The van der Waals surface area contributed by atoms with Crippen LogP contribution in [0.25, 0.3) is 10.2 Å². The third-order valence-electron chi connectivity index (χ3n) is 6.42. The van der Waals surface area contributed by atoms with E-state index in [1.54, 1.807) is 11.3 Å². The van der Waals surface area contributed by atoms with Crippen LogP contribution in [0.3, 0.4) is 0 Å². The predicted octanol–water partition coefficient (Wildman–Crippen LogP) is 2.59. The molecular formula is C24H30N6OS. The lowest BCUT2D eigenvalue weighted by molar-refractivity contribution is -0.122. The summed E-state index contributed by atoms with van der Waals surface area (Å²) in [6, 6.07) is 10.0. The minimum Gasteiger partial charge on any atom is -0.383 e. The molecule has 0 spiro atoms. The molecule has 3 heterocycles. The van der Waals surface area contributed by atoms with Crippen molar-refractivity contribution in [2.24, 2.45) is 0 Å². The van der Waals surface area contributed by atoms with Crippen molar-refractivity contribution in [3.63, 3.8) is 0 Å². The Labute approximate surface area is 192 Å². The van der Waals surface area contributed by atoms with Gasteiger partial charge >= 0.3 is 0 Å². The van der Waals surface area contributed by atoms with Crippen molar-refractivity contribution in [2.45, 2.75) is 38.8 Å². The van der Waals surface area contributed by atoms with Crippen molar-refractivity contribution in [1.29, 1.82) is 0 Å². The van der Waals surface area contributed by atoms with Gasteiger partial charge in [0.1, 0.15) is 16.5 Å². The Hall–Kier alpha value is -2.55. The van der Waals surface area contributed by atoms with Crippen LogP contribution in [0, 0.1) is 0 Å². The first-order chi connectivity index (χ1) is 15.7. The number of carbonyl (C=O) groups excluding carboxylic acids is 1. The number of aryl methyl sites for hydroxylation is 2. The number of anilines is 1. The average molecular weight is 451 g/mol. The Bertz CT molecular complexity index is 1090. The second-order valence-electron chi connectivity index (χ2n) is 8.73. The van der Waals surface area contributed by atoms with Crippen LogP contribution in [0.2, 0.25) is 0 Å². The number of hydrogen-bond acceptors (Lipinski definition) is 7. The van der Waals surface area contributed by atoms with E-state index in [2.05, 4.69) is 20.1 Å². The van der Waals surface area contributed by atoms with E-state index in [0.717, 1.165) is 60.6 Å². The van der Waals surface area contributed by atoms with Gasteiger partial charge in [0.2, 0.25) is 5.91 Å². The molecule has 2 aliphatic rings. The topological polar surface area (TPSA) is 87.4 Å². The van der Waals surface area contributed by atoms with Crippen LogP contribution in [-0.2, 0) is 30.7 Å². The molecule has 1 fully saturated rings. The van der Waals surface area contributed by atoms with Gasteiger partial charge in [-0.1, -0.05) is 30.3 Å². The number of nitrogens with one attached hydrogen (secondary N) is 1. The van der Waals surface area contributed by atoms with E-state index in [0.29, 0.717) is 25.5 Å². The SMILES string of the molecule is Nc1nc(CN2CCN(CC(=O)NCc3ccccc3)CC2)nc2sc3c(c12)CCCC3. The molecule has 1 aromatic carbocycles. The number of rotatable bonds is 6. The zero-order chi connectivity index (χ0) is 21.9. The van der Waals surface area contributed by atoms with E-state index < -0.39 is 0 Å². The highest BCUT2D eigenvalue weighted by atomic mass is 32.1. The Morgan fingerprint density at radius 3 is 2.59 bits per heavy atom. The molecule has 1 saturated heterocycles. The Morgan fingerprint density at radius 2 is 1.78 bits per heavy atom. The molecule has 2 aromatic heterocycles. The molecular weight excluding hydrogens is 420 g/mol. The molecule has 0 atom stereocenters. The molecule has 1 amide bonds. The Balaban J connectivity index is 1.13. The number of amides is 1. The largest absolute Gasteiger partial charge is 0.383 e. The van der Waals surface area contributed by atoms with Crippen molar-refractivity contribution in [3.8, 4) is 0 Å². The lowest BCUT2D eigenvalue weighted by atomic mass is 9.97. The molecule has 7 nitrogen and oxygen atoms in total. The number of nitrogen functional groups attached to an aromatic ring is 1. The zero-order valence-corrected chi connectivity index (χ0v) is 19.2. The van der Waals surface area contributed by atoms with E-state index >= 15 is 0 Å². The number of hydrogen-bond donors (Lipinski definition) is 2. The van der Waals surface area contributed by atoms with E-state index in [9.17, 15) is 4.79 Å². The summed E-state index contributed by atoms with van der Waals surface area (Å²) >= 11 is 1.80. The van der Waals surface area contributed by atoms with E-state index in [4.69, 9.17) is 10.7 Å². The third-order valence-corrected chi connectivity index (χ3v) is 7.60. The van der Waals surface area contributed by atoms with Crippen LogP contribution >= 0.6 is 11.3 Å². The molecule has 0 bridgehead atoms. The molecule has 1 aliphatic heterocycles. The summed E-state index contributed by atoms with van der Waals surface area (Å²) in [6.07, 6.45) is 4.73. The number of aromatic nitrogens is 2. The van der Waals surface area contributed by atoms with E-state index in [1.807, 2.05) is 30.3 Å². The van der Waals surface area contributed by atoms with Gasteiger partial charge in [-0.3, -0.25) is 14.6 Å². The minimum absolute atomic E-state index is 0.0746. The quantitative estimate of drug-likeness (QED) is 0.600. The fraction of sp³-hybridized carbons (Fsp3) is 0.458. The van der Waals surface area contributed by atoms with Gasteiger partial charge in [-0.15, -0.1) is 11.3 Å². The second kappa shape index (κ2) is 9.52. The van der Waals surface area contributed by atoms with Gasteiger partial charge in [-0.25, -0.2) is 9.97 Å². The maximum Gasteiger partial charge on any atom is 0.234 e. The highest BCUT2D eigenvalue weighted by molar-refractivity contribution is 7.19. The summed E-state index contributed by atoms with van der Waals surface area (Å²) in [4.78, 5) is 28.9. The molecule has 3 N–H and O–H groups in total. The van der Waals surface area contributed by atoms with Crippen LogP contribution < -0.4 is 11.1 Å². The van der Waals surface area contributed by atoms with Crippen molar-refractivity contribution >= 4 is 33.3 Å². The predicted molar refractivity (Wildman–Crippen MR) is 128 cm³/mol. The molecule has 168 valence electrons. The average Bonchev–Trinajstić information content (AvgIpc) is 3.18. The maximum absolute atomic E-state index is 12.3. The molecule has 8 heteroatoms. The highest BCUT2D eigenvalue weighted by Crippen LogP contribution is 2.37. The molecule has 0 radical (unpaired) electrons. The summed E-state index contributed by atoms with van der Waals surface area (Å²) < 4.78 is 0. The van der Waals surface area contributed by atoms with E-state index in [1.165, 1.54) is 23.3 Å². The first kappa shape index (κ1) is 21.3. The molecule has 0 unspecified atom stereocenters. The molecule has 3 aromatic rings. The maximum atomic E-state index is 12.3. The number of nitrogens with zero attached hydrogens (tertiary/aromatic N) is 4. The third kappa shape index (κ3) is 4.77. The Kier molecular flexibility index (Phi) is 6.34. The number of thiophene rings is 1. The van der Waals surface area contributed by atoms with Gasteiger partial charge in [-0.05, 0) is 36.8 Å². The van der Waals surface area contributed by atoms with Gasteiger partial charge < -0.3 is 11.1 Å². The van der Waals surface area contributed by atoms with Crippen molar-refractivity contribution in [1.82, 2.24) is 25.1 Å². The first-order valence-electron chi connectivity index (χ1n) is 11.5. The van der Waals surface area contributed by atoms with Gasteiger partial charge in [-0.2, -0.15) is 0 Å². The Morgan fingerprint density at radius 1 is 1.03 bits per heavy atom. The van der Waals surface area contributed by atoms with Crippen molar-refractivity contribution < 1.29 is 4.79 Å². The lowest BCUT2D eigenvalue weighted by Gasteiger charge is -2.33. The van der Waals surface area contributed by atoms with Crippen molar-refractivity contribution in [2.75, 3.05) is 38.5 Å². The number of carbonyl (C=O) groups is 1. The summed E-state index contributed by atoms with van der Waals surface area (Å²) in [5, 5.41) is 4.11. The summed E-state index contributed by atoms with van der Waals surface area (Å²) in [5.41, 5.74) is 8.87. The number of fused-ring (bicyclic) bond motifs is 3. The molecule has 32 heavy (non-hydrogen) atoms. The van der Waals surface area contributed by atoms with Gasteiger partial charge in [0.15, 0.2) is 0 Å². The summed E-state index contributed by atoms with van der Waals surface area (Å²) in [6.45, 7) is 5.25. The normalized spacial score (nSPS) is 17.4. The molecule has 5 rings (SSSR count). The lowest BCUT2D eigenvalue weighted by Crippen LogP contribution is -2.49. The van der Waals surface area contributed by atoms with Gasteiger partial charge in [0.25, 0.3) is 0 Å². The minimum atomic E-state index is 0.0746. The van der Waals surface area contributed by atoms with Crippen molar-refractivity contribution in [3.05, 3.63) is 52.2 Å².